The largest absolute Gasteiger partial charge is 0.490 e. The smallest absolute Gasteiger partial charge is 0.266 e. The van der Waals surface area contributed by atoms with Crippen molar-refractivity contribution >= 4 is 40.9 Å². The second kappa shape index (κ2) is 8.57. The molecule has 0 aliphatic carbocycles. The van der Waals surface area contributed by atoms with Crippen molar-refractivity contribution in [2.24, 2.45) is 0 Å². The van der Waals surface area contributed by atoms with Gasteiger partial charge < -0.3 is 10.1 Å². The Morgan fingerprint density at radius 2 is 1.92 bits per heavy atom. The summed E-state index contributed by atoms with van der Waals surface area (Å²) in [5.41, 5.74) is 0.984. The number of carbonyl (C=O) groups excluding carboxylic acids is 1. The number of amides is 1. The fourth-order valence-electron chi connectivity index (χ4n) is 2.06. The lowest BCUT2D eigenvalue weighted by molar-refractivity contribution is -0.112. The zero-order valence-corrected chi connectivity index (χ0v) is 15.2. The van der Waals surface area contributed by atoms with Crippen molar-refractivity contribution in [3.05, 3.63) is 63.6 Å². The molecule has 2 aromatic rings. The van der Waals surface area contributed by atoms with Crippen molar-refractivity contribution in [3.8, 4) is 11.8 Å². The van der Waals surface area contributed by atoms with Crippen LogP contribution in [0.15, 0.2) is 48.0 Å². The summed E-state index contributed by atoms with van der Waals surface area (Å²) < 4.78 is 5.70. The lowest BCUT2D eigenvalue weighted by Crippen LogP contribution is -2.13. The summed E-state index contributed by atoms with van der Waals surface area (Å²) >= 11 is 11.9. The van der Waals surface area contributed by atoms with E-state index < -0.39 is 5.91 Å². The van der Waals surface area contributed by atoms with Gasteiger partial charge in [0.05, 0.1) is 6.10 Å². The van der Waals surface area contributed by atoms with E-state index in [1.54, 1.807) is 42.5 Å². The van der Waals surface area contributed by atoms with E-state index in [4.69, 9.17) is 27.9 Å². The van der Waals surface area contributed by atoms with Crippen LogP contribution in [0.5, 0.6) is 5.75 Å². The molecular formula is C19H16Cl2N2O2. The molecule has 0 aromatic heterocycles. The van der Waals surface area contributed by atoms with E-state index in [0.29, 0.717) is 27.0 Å². The molecule has 0 radical (unpaired) electrons. The van der Waals surface area contributed by atoms with Crippen molar-refractivity contribution in [1.29, 1.82) is 5.26 Å². The van der Waals surface area contributed by atoms with E-state index in [-0.39, 0.29) is 11.7 Å². The summed E-state index contributed by atoms with van der Waals surface area (Å²) in [4.78, 5) is 12.4. The van der Waals surface area contributed by atoms with Gasteiger partial charge in [-0.2, -0.15) is 5.26 Å². The molecule has 0 spiro atoms. The fraction of sp³-hybridized carbons (Fsp3) is 0.158. The average molecular weight is 375 g/mol. The Morgan fingerprint density at radius 3 is 2.56 bits per heavy atom. The number of nitriles is 1. The van der Waals surface area contributed by atoms with E-state index >= 15 is 0 Å². The highest BCUT2D eigenvalue weighted by molar-refractivity contribution is 6.31. The minimum Gasteiger partial charge on any atom is -0.490 e. The summed E-state index contributed by atoms with van der Waals surface area (Å²) in [7, 11) is 0. The van der Waals surface area contributed by atoms with Gasteiger partial charge in [0.1, 0.15) is 17.4 Å². The predicted octanol–water partition coefficient (Wildman–Crippen LogP) is 5.33. The van der Waals surface area contributed by atoms with Gasteiger partial charge >= 0.3 is 0 Å². The van der Waals surface area contributed by atoms with Crippen LogP contribution in [-0.4, -0.2) is 12.0 Å². The summed E-state index contributed by atoms with van der Waals surface area (Å²) in [5.74, 6) is 0.00273. The summed E-state index contributed by atoms with van der Waals surface area (Å²) in [6.07, 6.45) is 1.39. The van der Waals surface area contributed by atoms with Crippen molar-refractivity contribution in [3.63, 3.8) is 0 Å². The average Bonchev–Trinajstić information content (AvgIpc) is 2.54. The van der Waals surface area contributed by atoms with Crippen LogP contribution < -0.4 is 10.1 Å². The summed E-state index contributed by atoms with van der Waals surface area (Å²) in [6, 6.07) is 13.6. The van der Waals surface area contributed by atoms with Crippen LogP contribution >= 0.6 is 23.2 Å². The van der Waals surface area contributed by atoms with Gasteiger partial charge in [-0.1, -0.05) is 29.3 Å². The number of ether oxygens (including phenoxy) is 1. The first-order valence-corrected chi connectivity index (χ1v) is 8.29. The van der Waals surface area contributed by atoms with Gasteiger partial charge in [-0.3, -0.25) is 4.79 Å². The molecule has 0 saturated carbocycles. The molecule has 2 rings (SSSR count). The molecule has 1 N–H and O–H groups in total. The number of nitrogens with one attached hydrogen (secondary N) is 1. The summed E-state index contributed by atoms with van der Waals surface area (Å²) in [6.45, 7) is 3.78. The molecule has 25 heavy (non-hydrogen) atoms. The van der Waals surface area contributed by atoms with Crippen LogP contribution in [0.2, 0.25) is 10.0 Å². The van der Waals surface area contributed by atoms with Crippen LogP contribution in [0.25, 0.3) is 6.08 Å². The standard InChI is InChI=1S/C19H16Cl2N2O2/c1-12(2)25-18-7-6-16(21)9-13(18)8-14(11-22)19(24)23-17-5-3-4-15(20)10-17/h3-10,12H,1-2H3,(H,23,24)/b14-8+. The molecule has 6 heteroatoms. The number of anilines is 1. The van der Waals surface area contributed by atoms with E-state index in [0.717, 1.165) is 0 Å². The molecule has 0 heterocycles. The van der Waals surface area contributed by atoms with Gasteiger partial charge in [-0.15, -0.1) is 0 Å². The molecule has 4 nitrogen and oxygen atoms in total. The molecule has 128 valence electrons. The zero-order chi connectivity index (χ0) is 18.4. The highest BCUT2D eigenvalue weighted by atomic mass is 35.5. The third-order valence-electron chi connectivity index (χ3n) is 3.08. The molecule has 1 amide bonds. The number of hydrogen-bond donors (Lipinski definition) is 1. The fourth-order valence-corrected chi connectivity index (χ4v) is 2.43. The Labute approximate surface area is 156 Å². The van der Waals surface area contributed by atoms with E-state index in [1.165, 1.54) is 6.08 Å². The monoisotopic (exact) mass is 374 g/mol. The third-order valence-corrected chi connectivity index (χ3v) is 3.55. The third kappa shape index (κ3) is 5.53. The minimum absolute atomic E-state index is 0.0563. The number of hydrogen-bond acceptors (Lipinski definition) is 3. The number of nitrogens with zero attached hydrogens (tertiary/aromatic N) is 1. The van der Waals surface area contributed by atoms with Crippen molar-refractivity contribution in [2.45, 2.75) is 20.0 Å². The van der Waals surface area contributed by atoms with Crippen LogP contribution in [0.3, 0.4) is 0 Å². The Kier molecular flexibility index (Phi) is 6.46. The first kappa shape index (κ1) is 18.9. The SMILES string of the molecule is CC(C)Oc1ccc(Cl)cc1/C=C(\C#N)C(=O)Nc1cccc(Cl)c1. The molecule has 0 aliphatic heterocycles. The molecule has 2 aromatic carbocycles. The normalized spacial score (nSPS) is 11.1. The Balaban J connectivity index is 2.32. The lowest BCUT2D eigenvalue weighted by Gasteiger charge is -2.13. The Hall–Kier alpha value is -2.48. The Morgan fingerprint density at radius 1 is 1.20 bits per heavy atom. The predicted molar refractivity (Wildman–Crippen MR) is 101 cm³/mol. The van der Waals surface area contributed by atoms with Gasteiger partial charge in [0, 0.05) is 21.3 Å². The number of rotatable bonds is 5. The Bertz CT molecular complexity index is 855. The van der Waals surface area contributed by atoms with E-state index in [2.05, 4.69) is 5.32 Å². The molecule has 0 fully saturated rings. The maximum absolute atomic E-state index is 12.4. The first-order valence-electron chi connectivity index (χ1n) is 7.54. The van der Waals surface area contributed by atoms with Gasteiger partial charge in [-0.25, -0.2) is 0 Å². The highest BCUT2D eigenvalue weighted by Crippen LogP contribution is 2.26. The molecule has 0 aliphatic rings. The van der Waals surface area contributed by atoms with E-state index in [9.17, 15) is 10.1 Å². The second-order valence-corrected chi connectivity index (χ2v) is 6.36. The zero-order valence-electron chi connectivity index (χ0n) is 13.7. The second-order valence-electron chi connectivity index (χ2n) is 5.48. The number of halogens is 2. The van der Waals surface area contributed by atoms with Crippen LogP contribution in [0.1, 0.15) is 19.4 Å². The number of carbonyl (C=O) groups is 1. The van der Waals surface area contributed by atoms with Gasteiger partial charge in [0.15, 0.2) is 0 Å². The molecule has 0 saturated heterocycles. The van der Waals surface area contributed by atoms with Crippen molar-refractivity contribution < 1.29 is 9.53 Å². The molecule has 0 atom stereocenters. The van der Waals surface area contributed by atoms with Crippen LogP contribution in [-0.2, 0) is 4.79 Å². The summed E-state index contributed by atoms with van der Waals surface area (Å²) in [5, 5.41) is 13.0. The maximum atomic E-state index is 12.4. The van der Waals surface area contributed by atoms with Gasteiger partial charge in [-0.05, 0) is 56.3 Å². The lowest BCUT2D eigenvalue weighted by atomic mass is 10.1. The molecule has 0 bridgehead atoms. The topological polar surface area (TPSA) is 62.1 Å². The van der Waals surface area contributed by atoms with Crippen molar-refractivity contribution in [2.75, 3.05) is 5.32 Å². The van der Waals surface area contributed by atoms with Crippen molar-refractivity contribution in [1.82, 2.24) is 0 Å². The first-order chi connectivity index (χ1) is 11.9. The van der Waals surface area contributed by atoms with Crippen LogP contribution in [0, 0.1) is 11.3 Å². The number of benzene rings is 2. The quantitative estimate of drug-likeness (QED) is 0.568. The van der Waals surface area contributed by atoms with Gasteiger partial charge in [0.25, 0.3) is 5.91 Å². The van der Waals surface area contributed by atoms with Crippen LogP contribution in [0.4, 0.5) is 5.69 Å². The maximum Gasteiger partial charge on any atom is 0.266 e. The molecular weight excluding hydrogens is 359 g/mol. The highest BCUT2D eigenvalue weighted by Gasteiger charge is 2.12. The minimum atomic E-state index is -0.541. The van der Waals surface area contributed by atoms with Gasteiger partial charge in [0.2, 0.25) is 0 Å². The molecule has 0 unspecified atom stereocenters. The van der Waals surface area contributed by atoms with E-state index in [1.807, 2.05) is 19.9 Å².